The molecule has 0 aromatic heterocycles. The molecule has 1 aromatic rings. The van der Waals surface area contributed by atoms with Gasteiger partial charge in [-0.25, -0.2) is 0 Å². The average Bonchev–Trinajstić information content (AvgIpc) is 2.32. The predicted octanol–water partition coefficient (Wildman–Crippen LogP) is 4.27. The smallest absolute Gasteiger partial charge is 0.0595 e. The first-order chi connectivity index (χ1) is 8.17. The minimum absolute atomic E-state index is 0.490. The van der Waals surface area contributed by atoms with Crippen LogP contribution in [0.25, 0.3) is 0 Å². The second-order valence-electron chi connectivity index (χ2n) is 4.01. The Bertz CT molecular complexity index is 344. The van der Waals surface area contributed by atoms with Gasteiger partial charge >= 0.3 is 0 Å². The molecule has 17 heavy (non-hydrogen) atoms. The van der Waals surface area contributed by atoms with Crippen molar-refractivity contribution in [1.82, 2.24) is 5.32 Å². The fraction of sp³-hybridized carbons (Fsp3) is 0.538. The van der Waals surface area contributed by atoms with Crippen LogP contribution in [0.1, 0.15) is 18.9 Å². The van der Waals surface area contributed by atoms with Crippen LogP contribution < -0.4 is 5.32 Å². The van der Waals surface area contributed by atoms with E-state index in [2.05, 4.69) is 12.2 Å². The van der Waals surface area contributed by atoms with Gasteiger partial charge in [-0.2, -0.15) is 11.8 Å². The van der Waals surface area contributed by atoms with Crippen LogP contribution in [-0.2, 0) is 6.42 Å². The van der Waals surface area contributed by atoms with E-state index in [1.807, 2.05) is 37.0 Å². The summed E-state index contributed by atoms with van der Waals surface area (Å²) in [6.45, 7) is 2.21. The van der Waals surface area contributed by atoms with E-state index in [1.54, 1.807) is 0 Å². The lowest BCUT2D eigenvalue weighted by Crippen LogP contribution is -2.30. The number of halogens is 2. The van der Waals surface area contributed by atoms with Gasteiger partial charge in [-0.3, -0.25) is 0 Å². The lowest BCUT2D eigenvalue weighted by Gasteiger charge is -2.16. The monoisotopic (exact) mass is 291 g/mol. The van der Waals surface area contributed by atoms with Crippen LogP contribution >= 0.6 is 35.0 Å². The highest BCUT2D eigenvalue weighted by Crippen LogP contribution is 2.23. The van der Waals surface area contributed by atoms with Crippen LogP contribution in [0.4, 0.5) is 0 Å². The molecule has 1 nitrogen and oxygen atoms in total. The summed E-state index contributed by atoms with van der Waals surface area (Å²) in [6, 6.07) is 6.36. The number of nitrogens with one attached hydrogen (secondary N) is 1. The normalized spacial score (nSPS) is 12.7. The predicted molar refractivity (Wildman–Crippen MR) is 80.6 cm³/mol. The third-order valence-electron chi connectivity index (χ3n) is 2.54. The van der Waals surface area contributed by atoms with Gasteiger partial charge in [-0.1, -0.05) is 36.2 Å². The fourth-order valence-electron chi connectivity index (χ4n) is 1.57. The number of rotatable bonds is 7. The first-order valence-electron chi connectivity index (χ1n) is 5.86. The van der Waals surface area contributed by atoms with Crippen LogP contribution in [0, 0.1) is 0 Å². The molecule has 0 spiro atoms. The average molecular weight is 292 g/mol. The molecule has 1 N–H and O–H groups in total. The minimum Gasteiger partial charge on any atom is -0.316 e. The van der Waals surface area contributed by atoms with E-state index in [1.165, 1.54) is 17.7 Å². The molecular weight excluding hydrogens is 273 g/mol. The fourth-order valence-corrected chi connectivity index (χ4v) is 2.91. The quantitative estimate of drug-likeness (QED) is 0.753. The van der Waals surface area contributed by atoms with Crippen molar-refractivity contribution in [3.8, 4) is 0 Å². The largest absolute Gasteiger partial charge is 0.316 e. The third kappa shape index (κ3) is 5.52. The van der Waals surface area contributed by atoms with E-state index in [-0.39, 0.29) is 0 Å². The van der Waals surface area contributed by atoms with Crippen LogP contribution in [0.5, 0.6) is 0 Å². The number of benzene rings is 1. The van der Waals surface area contributed by atoms with Crippen molar-refractivity contribution in [3.05, 3.63) is 33.8 Å². The molecular formula is C13H19Cl2NS. The second kappa shape index (κ2) is 8.25. The summed E-state index contributed by atoms with van der Waals surface area (Å²) in [5.74, 6) is 2.35. The molecule has 0 radical (unpaired) electrons. The summed E-state index contributed by atoms with van der Waals surface area (Å²) >= 11 is 13.9. The van der Waals surface area contributed by atoms with Gasteiger partial charge in [-0.15, -0.1) is 0 Å². The highest BCUT2D eigenvalue weighted by Gasteiger charge is 2.08. The lowest BCUT2D eigenvalue weighted by atomic mass is 10.1. The zero-order chi connectivity index (χ0) is 12.7. The summed E-state index contributed by atoms with van der Waals surface area (Å²) in [6.07, 6.45) is 2.22. The van der Waals surface area contributed by atoms with Crippen molar-refractivity contribution in [2.24, 2.45) is 0 Å². The molecule has 0 amide bonds. The lowest BCUT2D eigenvalue weighted by molar-refractivity contribution is 0.617. The van der Waals surface area contributed by atoms with Gasteiger partial charge in [0, 0.05) is 11.8 Å². The van der Waals surface area contributed by atoms with Gasteiger partial charge in [0.1, 0.15) is 0 Å². The number of thioether (sulfide) groups is 1. The van der Waals surface area contributed by atoms with Crippen molar-refractivity contribution in [1.29, 1.82) is 0 Å². The summed E-state index contributed by atoms with van der Waals surface area (Å²) in [5, 5.41) is 4.61. The highest BCUT2D eigenvalue weighted by atomic mass is 35.5. The molecule has 0 aliphatic heterocycles. The maximum absolute atomic E-state index is 6.01. The standard InChI is InChI=1S/C13H19Cl2NS/c1-3-6-17-9-11(16-2)7-10-4-5-12(14)13(15)8-10/h4-5,8,11,16H,3,6-7,9H2,1-2H3. The van der Waals surface area contributed by atoms with Gasteiger partial charge in [-0.05, 0) is 43.3 Å². The van der Waals surface area contributed by atoms with Crippen LogP contribution in [0.15, 0.2) is 18.2 Å². The Labute approximate surface area is 118 Å². The number of hydrogen-bond acceptors (Lipinski definition) is 2. The number of likely N-dealkylation sites (N-methyl/N-ethyl adjacent to an activating group) is 1. The van der Waals surface area contributed by atoms with E-state index < -0.39 is 0 Å². The van der Waals surface area contributed by atoms with Gasteiger partial charge < -0.3 is 5.32 Å². The maximum atomic E-state index is 6.01. The highest BCUT2D eigenvalue weighted by molar-refractivity contribution is 7.99. The number of hydrogen-bond donors (Lipinski definition) is 1. The molecule has 0 saturated carbocycles. The molecule has 0 fully saturated rings. The SMILES string of the molecule is CCCSCC(Cc1ccc(Cl)c(Cl)c1)NC. The second-order valence-corrected chi connectivity index (χ2v) is 5.98. The Morgan fingerprint density at radius 1 is 1.29 bits per heavy atom. The summed E-state index contributed by atoms with van der Waals surface area (Å²) in [5.41, 5.74) is 1.23. The molecule has 96 valence electrons. The molecule has 1 rings (SSSR count). The van der Waals surface area contributed by atoms with Crippen LogP contribution in [0.3, 0.4) is 0 Å². The first kappa shape index (κ1) is 15.2. The first-order valence-corrected chi connectivity index (χ1v) is 7.77. The van der Waals surface area contributed by atoms with Crippen molar-refractivity contribution >= 4 is 35.0 Å². The van der Waals surface area contributed by atoms with Crippen LogP contribution in [-0.4, -0.2) is 24.6 Å². The summed E-state index contributed by atoms with van der Waals surface area (Å²) < 4.78 is 0. The molecule has 0 saturated heterocycles. The summed E-state index contributed by atoms with van der Waals surface area (Å²) in [4.78, 5) is 0. The molecule has 1 atom stereocenters. The van der Waals surface area contributed by atoms with Gasteiger partial charge in [0.25, 0.3) is 0 Å². The van der Waals surface area contributed by atoms with Gasteiger partial charge in [0.2, 0.25) is 0 Å². The Balaban J connectivity index is 2.51. The molecule has 0 bridgehead atoms. The molecule has 1 unspecified atom stereocenters. The van der Waals surface area contributed by atoms with Crippen LogP contribution in [0.2, 0.25) is 10.0 Å². The minimum atomic E-state index is 0.490. The van der Waals surface area contributed by atoms with E-state index in [0.29, 0.717) is 16.1 Å². The zero-order valence-corrected chi connectivity index (χ0v) is 12.6. The Morgan fingerprint density at radius 3 is 2.65 bits per heavy atom. The van der Waals surface area contributed by atoms with Crippen molar-refractivity contribution in [2.75, 3.05) is 18.6 Å². The van der Waals surface area contributed by atoms with E-state index in [9.17, 15) is 0 Å². The molecule has 0 heterocycles. The van der Waals surface area contributed by atoms with Crippen molar-refractivity contribution in [3.63, 3.8) is 0 Å². The Kier molecular flexibility index (Phi) is 7.36. The molecule has 0 aliphatic carbocycles. The topological polar surface area (TPSA) is 12.0 Å². The van der Waals surface area contributed by atoms with Crippen molar-refractivity contribution < 1.29 is 0 Å². The summed E-state index contributed by atoms with van der Waals surface area (Å²) in [7, 11) is 2.01. The van der Waals surface area contributed by atoms with E-state index >= 15 is 0 Å². The van der Waals surface area contributed by atoms with Gasteiger partial charge in [0.05, 0.1) is 10.0 Å². The van der Waals surface area contributed by atoms with Gasteiger partial charge in [0.15, 0.2) is 0 Å². The molecule has 4 heteroatoms. The molecule has 1 aromatic carbocycles. The van der Waals surface area contributed by atoms with E-state index in [4.69, 9.17) is 23.2 Å². The van der Waals surface area contributed by atoms with E-state index in [0.717, 1.165) is 12.2 Å². The third-order valence-corrected chi connectivity index (χ3v) is 4.62. The molecule has 0 aliphatic rings. The maximum Gasteiger partial charge on any atom is 0.0595 e. The zero-order valence-electron chi connectivity index (χ0n) is 10.3. The van der Waals surface area contributed by atoms with Crippen molar-refractivity contribution in [2.45, 2.75) is 25.8 Å². The Morgan fingerprint density at radius 2 is 2.06 bits per heavy atom. The Hall–Kier alpha value is 0.110.